The van der Waals surface area contributed by atoms with E-state index in [9.17, 15) is 23.2 Å². The highest BCUT2D eigenvalue weighted by atomic mass is 19.3. The van der Waals surface area contributed by atoms with Crippen LogP contribution in [-0.2, 0) is 16.1 Å². The quantitative estimate of drug-likeness (QED) is 0.380. The topological polar surface area (TPSA) is 122 Å². The zero-order valence-corrected chi connectivity index (χ0v) is 24.9. The van der Waals surface area contributed by atoms with Crippen LogP contribution in [0.5, 0.6) is 0 Å². The van der Waals surface area contributed by atoms with Gasteiger partial charge in [-0.3, -0.25) is 19.1 Å². The van der Waals surface area contributed by atoms with E-state index in [-0.39, 0.29) is 49.0 Å². The molecule has 1 saturated carbocycles. The van der Waals surface area contributed by atoms with Crippen LogP contribution >= 0.6 is 0 Å². The van der Waals surface area contributed by atoms with Gasteiger partial charge in [0.1, 0.15) is 17.6 Å². The highest BCUT2D eigenvalue weighted by Crippen LogP contribution is 2.32. The molecule has 0 unspecified atom stereocenters. The van der Waals surface area contributed by atoms with Crippen molar-refractivity contribution in [1.29, 1.82) is 0 Å². The van der Waals surface area contributed by atoms with Crippen molar-refractivity contribution in [3.63, 3.8) is 0 Å². The third kappa shape index (κ3) is 7.65. The molecule has 0 spiro atoms. The van der Waals surface area contributed by atoms with Gasteiger partial charge in [-0.05, 0) is 73.8 Å². The van der Waals surface area contributed by atoms with Gasteiger partial charge in [-0.25, -0.2) is 4.39 Å². The maximum atomic E-state index is 15.3. The number of nitrogens with one attached hydrogen (secondary N) is 2. The Balaban J connectivity index is 1.44. The van der Waals surface area contributed by atoms with Crippen molar-refractivity contribution < 1.29 is 27.6 Å². The van der Waals surface area contributed by atoms with E-state index < -0.39 is 41.7 Å². The molecule has 4 rings (SSSR count). The van der Waals surface area contributed by atoms with Gasteiger partial charge in [0.25, 0.3) is 12.0 Å². The first-order chi connectivity index (χ1) is 20.5. The predicted octanol–water partition coefficient (Wildman–Crippen LogP) is 4.81. The molecule has 0 bridgehead atoms. The molecule has 2 aliphatic rings. The van der Waals surface area contributed by atoms with Crippen molar-refractivity contribution in [2.75, 3.05) is 18.4 Å². The zero-order valence-electron chi connectivity index (χ0n) is 24.9. The van der Waals surface area contributed by atoms with Crippen molar-refractivity contribution in [3.8, 4) is 0 Å². The van der Waals surface area contributed by atoms with E-state index in [0.717, 1.165) is 25.7 Å². The minimum Gasteiger partial charge on any atom is -0.341 e. The Morgan fingerprint density at radius 1 is 1.09 bits per heavy atom. The maximum absolute atomic E-state index is 15.3. The number of halogens is 3. The number of amides is 3. The van der Waals surface area contributed by atoms with Gasteiger partial charge in [0, 0.05) is 31.7 Å². The minimum atomic E-state index is -1.70. The molecule has 0 radical (unpaired) electrons. The lowest BCUT2D eigenvalue weighted by Crippen LogP contribution is -2.49. The molecule has 3 atom stereocenters. The zero-order chi connectivity index (χ0) is 31.3. The summed E-state index contributed by atoms with van der Waals surface area (Å²) in [4.78, 5) is 41.1. The van der Waals surface area contributed by atoms with Crippen LogP contribution in [0.15, 0.2) is 42.1 Å². The summed E-state index contributed by atoms with van der Waals surface area (Å²) in [7, 11) is 0. The van der Waals surface area contributed by atoms with Crippen LogP contribution in [0.1, 0.15) is 81.3 Å². The second-order valence-corrected chi connectivity index (χ2v) is 11.7. The molecule has 2 fully saturated rings. The van der Waals surface area contributed by atoms with Crippen LogP contribution in [0, 0.1) is 17.7 Å². The van der Waals surface area contributed by atoms with Gasteiger partial charge in [0.05, 0.1) is 11.7 Å². The normalized spacial score (nSPS) is 21.1. The van der Waals surface area contributed by atoms with Crippen molar-refractivity contribution >= 4 is 23.4 Å². The van der Waals surface area contributed by atoms with E-state index in [1.165, 1.54) is 23.2 Å². The summed E-state index contributed by atoms with van der Waals surface area (Å²) in [6.07, 6.45) is 3.41. The number of rotatable bonds is 9. The molecule has 4 N–H and O–H groups in total. The molecular formula is C31H41F3N6O3. The van der Waals surface area contributed by atoms with Crippen molar-refractivity contribution in [2.24, 2.45) is 17.6 Å². The van der Waals surface area contributed by atoms with Gasteiger partial charge in [0.2, 0.25) is 11.8 Å². The van der Waals surface area contributed by atoms with Crippen molar-refractivity contribution in [3.05, 3.63) is 59.2 Å². The van der Waals surface area contributed by atoms with Crippen LogP contribution in [-0.4, -0.2) is 57.6 Å². The molecule has 1 saturated heterocycles. The number of hydrogen-bond acceptors (Lipinski definition) is 5. The Bertz CT molecular complexity index is 1340. The molecule has 43 heavy (non-hydrogen) atoms. The van der Waals surface area contributed by atoms with Crippen LogP contribution in [0.4, 0.5) is 18.9 Å². The third-order valence-corrected chi connectivity index (χ3v) is 8.90. The Kier molecular flexibility index (Phi) is 10.6. The smallest absolute Gasteiger partial charge is 0.270 e. The number of benzene rings is 1. The number of hydrogen-bond donors (Lipinski definition) is 3. The summed E-state index contributed by atoms with van der Waals surface area (Å²) in [5.74, 6) is -2.15. The Morgan fingerprint density at radius 2 is 1.77 bits per heavy atom. The van der Waals surface area contributed by atoms with Crippen LogP contribution < -0.4 is 16.4 Å². The molecule has 1 aliphatic heterocycles. The van der Waals surface area contributed by atoms with Crippen LogP contribution in [0.25, 0.3) is 0 Å². The summed E-state index contributed by atoms with van der Waals surface area (Å²) in [5.41, 5.74) is 7.04. The number of carbonyl (C=O) groups is 3. The Morgan fingerprint density at radius 3 is 2.37 bits per heavy atom. The molecule has 9 nitrogen and oxygen atoms in total. The molecule has 1 aromatic heterocycles. The van der Waals surface area contributed by atoms with E-state index >= 15 is 4.39 Å². The first-order valence-electron chi connectivity index (χ1n) is 15.0. The molecule has 1 aliphatic carbocycles. The Hall–Kier alpha value is -3.67. The highest BCUT2D eigenvalue weighted by molar-refractivity contribution is 6.00. The number of aromatic nitrogens is 2. The van der Waals surface area contributed by atoms with Crippen molar-refractivity contribution in [2.45, 2.75) is 83.8 Å². The van der Waals surface area contributed by atoms with Crippen LogP contribution in [0.3, 0.4) is 0 Å². The molecule has 234 valence electrons. The van der Waals surface area contributed by atoms with Gasteiger partial charge < -0.3 is 21.3 Å². The maximum Gasteiger partial charge on any atom is 0.270 e. The Labute approximate surface area is 250 Å². The fourth-order valence-electron chi connectivity index (χ4n) is 5.95. The lowest BCUT2D eigenvalue weighted by atomic mass is 9.79. The average Bonchev–Trinajstić information content (AvgIpc) is 3.49. The monoisotopic (exact) mass is 602 g/mol. The molecule has 3 amide bonds. The van der Waals surface area contributed by atoms with Gasteiger partial charge in [-0.15, -0.1) is 0 Å². The van der Waals surface area contributed by atoms with E-state index in [4.69, 9.17) is 5.73 Å². The molecule has 2 heterocycles. The first kappa shape index (κ1) is 32.2. The van der Waals surface area contributed by atoms with E-state index in [1.807, 2.05) is 6.92 Å². The van der Waals surface area contributed by atoms with E-state index in [1.54, 1.807) is 23.7 Å². The standard InChI is InChI=1S/C31H41F3N6O3/c1-4-40-25(11-14-36-40)29(41)38-27(20-7-5-18(2)6-8-20)30(42)37-24-10-9-22(17-23(24)32)19(3)26(35)31(43)39-15-12-21(13-16-39)28(33)34/h9-11,14,17-20,26-27H,4-8,12-13,15-16,35H2,1-3H3,(H,37,42)(H,38,41)/t18?,19-,20?,26+,27-/m0/s1. The summed E-state index contributed by atoms with van der Waals surface area (Å²) in [6, 6.07) is 3.99. The SMILES string of the molecule is CCn1nccc1C(=O)N[C@H](C(=O)Nc1ccc([C@H](C)[C@@H](N)C(=O)N2CCC(=C(F)F)CC2)cc1F)C1CCC(C)CC1. The number of anilines is 1. The highest BCUT2D eigenvalue weighted by Gasteiger charge is 2.34. The molecular weight excluding hydrogens is 561 g/mol. The number of carbonyl (C=O) groups excluding carboxylic acids is 3. The summed E-state index contributed by atoms with van der Waals surface area (Å²) in [5, 5.41) is 9.67. The first-order valence-corrected chi connectivity index (χ1v) is 15.0. The van der Waals surface area contributed by atoms with Gasteiger partial charge >= 0.3 is 0 Å². The van der Waals surface area contributed by atoms with E-state index in [0.29, 0.717) is 23.7 Å². The average molecular weight is 603 g/mol. The lowest BCUT2D eigenvalue weighted by molar-refractivity contribution is -0.133. The number of nitrogens with zero attached hydrogens (tertiary/aromatic N) is 3. The van der Waals surface area contributed by atoms with Gasteiger partial charge in [-0.2, -0.15) is 13.9 Å². The fraction of sp³-hybridized carbons (Fsp3) is 0.548. The van der Waals surface area contributed by atoms with Gasteiger partial charge in [0.15, 0.2) is 0 Å². The number of likely N-dealkylation sites (tertiary alicyclic amines) is 1. The fourth-order valence-corrected chi connectivity index (χ4v) is 5.95. The second-order valence-electron chi connectivity index (χ2n) is 11.7. The van der Waals surface area contributed by atoms with E-state index in [2.05, 4.69) is 22.7 Å². The number of piperidine rings is 1. The molecule has 12 heteroatoms. The number of nitrogens with two attached hydrogens (primary N) is 1. The molecule has 2 aromatic rings. The lowest BCUT2D eigenvalue weighted by Gasteiger charge is -2.32. The van der Waals surface area contributed by atoms with Crippen molar-refractivity contribution in [1.82, 2.24) is 20.0 Å². The molecule has 1 aromatic carbocycles. The number of aryl methyl sites for hydroxylation is 1. The summed E-state index contributed by atoms with van der Waals surface area (Å²) < 4.78 is 42.6. The third-order valence-electron chi connectivity index (χ3n) is 8.90. The summed E-state index contributed by atoms with van der Waals surface area (Å²) >= 11 is 0. The predicted molar refractivity (Wildman–Crippen MR) is 157 cm³/mol. The second kappa shape index (κ2) is 14.2. The largest absolute Gasteiger partial charge is 0.341 e. The summed E-state index contributed by atoms with van der Waals surface area (Å²) in [6.45, 7) is 6.53. The van der Waals surface area contributed by atoms with Gasteiger partial charge in [-0.1, -0.05) is 32.8 Å². The van der Waals surface area contributed by atoms with Crippen LogP contribution in [0.2, 0.25) is 0 Å². The minimum absolute atomic E-state index is 0.0496.